The number of alkyl halides is 3. The van der Waals surface area contributed by atoms with Gasteiger partial charge in [0.15, 0.2) is 0 Å². The summed E-state index contributed by atoms with van der Waals surface area (Å²) in [7, 11) is 1.57. The molecule has 1 heterocycles. The van der Waals surface area contributed by atoms with Gasteiger partial charge in [0, 0.05) is 26.3 Å². The van der Waals surface area contributed by atoms with Gasteiger partial charge in [0.25, 0.3) is 0 Å². The minimum absolute atomic E-state index is 0.0363. The van der Waals surface area contributed by atoms with Crippen LogP contribution in [0.25, 0.3) is 0 Å². The maximum atomic E-state index is 12.5. The van der Waals surface area contributed by atoms with Gasteiger partial charge in [0.05, 0.1) is 13.2 Å². The molecule has 0 radical (unpaired) electrons. The second-order valence-corrected chi connectivity index (χ2v) is 4.17. The van der Waals surface area contributed by atoms with Crippen LogP contribution in [0.4, 0.5) is 19.0 Å². The molecule has 1 aromatic heterocycles. The number of rotatable bonds is 8. The zero-order chi connectivity index (χ0) is 15.0. The zero-order valence-electron chi connectivity index (χ0n) is 10.8. The molecule has 1 aromatic rings. The molecule has 0 fully saturated rings. The average molecular weight is 314 g/mol. The molecule has 0 aliphatic heterocycles. The smallest absolute Gasteiger partial charge is 0.382 e. The first kappa shape index (κ1) is 16.9. The highest BCUT2D eigenvalue weighted by Gasteiger charge is 2.35. The highest BCUT2D eigenvalue weighted by atomic mass is 35.5. The van der Waals surface area contributed by atoms with E-state index in [0.717, 1.165) is 0 Å². The Hall–Kier alpha value is -1.12. The Morgan fingerprint density at radius 1 is 1.25 bits per heavy atom. The van der Waals surface area contributed by atoms with E-state index in [1.54, 1.807) is 7.11 Å². The third-order valence-electron chi connectivity index (χ3n) is 2.15. The number of methoxy groups -OCH3 is 1. The van der Waals surface area contributed by atoms with Crippen molar-refractivity contribution in [1.82, 2.24) is 9.97 Å². The number of hydrogen-bond acceptors (Lipinski definition) is 5. The van der Waals surface area contributed by atoms with E-state index in [1.807, 2.05) is 0 Å². The minimum atomic E-state index is -4.62. The van der Waals surface area contributed by atoms with Gasteiger partial charge in [-0.15, -0.1) is 0 Å². The molecule has 114 valence electrons. The van der Waals surface area contributed by atoms with E-state index in [0.29, 0.717) is 32.8 Å². The van der Waals surface area contributed by atoms with Crippen LogP contribution in [0, 0.1) is 0 Å². The predicted octanol–water partition coefficient (Wildman–Crippen LogP) is 2.61. The molecule has 0 aliphatic carbocycles. The number of anilines is 1. The van der Waals surface area contributed by atoms with Gasteiger partial charge in [-0.25, -0.2) is 9.97 Å². The largest absolute Gasteiger partial charge is 0.451 e. The standard InChI is InChI=1S/C11H15ClF3N3O2/c1-19-5-6-20-4-2-3-16-9-7-8(12)17-10(18-9)11(13,14)15/h7H,2-6H2,1H3,(H,16,17,18). The summed E-state index contributed by atoms with van der Waals surface area (Å²) in [5.41, 5.74) is 0. The van der Waals surface area contributed by atoms with Gasteiger partial charge >= 0.3 is 6.18 Å². The maximum absolute atomic E-state index is 12.5. The van der Waals surface area contributed by atoms with Gasteiger partial charge in [0.2, 0.25) is 5.82 Å². The molecular weight excluding hydrogens is 299 g/mol. The molecule has 0 saturated heterocycles. The number of aromatic nitrogens is 2. The highest BCUT2D eigenvalue weighted by molar-refractivity contribution is 6.29. The molecule has 0 spiro atoms. The normalized spacial score (nSPS) is 11.7. The van der Waals surface area contributed by atoms with Crippen molar-refractivity contribution >= 4 is 17.4 Å². The van der Waals surface area contributed by atoms with E-state index < -0.39 is 12.0 Å². The molecule has 0 bridgehead atoms. The second-order valence-electron chi connectivity index (χ2n) is 3.78. The summed E-state index contributed by atoms with van der Waals surface area (Å²) < 4.78 is 47.4. The monoisotopic (exact) mass is 313 g/mol. The molecule has 5 nitrogen and oxygen atoms in total. The van der Waals surface area contributed by atoms with Gasteiger partial charge in [-0.3, -0.25) is 0 Å². The number of nitrogens with zero attached hydrogens (tertiary/aromatic N) is 2. The predicted molar refractivity (Wildman–Crippen MR) is 67.8 cm³/mol. The number of ether oxygens (including phenoxy) is 2. The summed E-state index contributed by atoms with van der Waals surface area (Å²) >= 11 is 5.52. The zero-order valence-corrected chi connectivity index (χ0v) is 11.6. The quantitative estimate of drug-likeness (QED) is 0.590. The van der Waals surface area contributed by atoms with Crippen LogP contribution in [0.15, 0.2) is 6.07 Å². The third-order valence-corrected chi connectivity index (χ3v) is 2.35. The van der Waals surface area contributed by atoms with E-state index in [-0.39, 0.29) is 11.0 Å². The molecule has 0 aliphatic rings. The van der Waals surface area contributed by atoms with Crippen molar-refractivity contribution in [2.45, 2.75) is 12.6 Å². The summed E-state index contributed by atoms with van der Waals surface area (Å²) in [5.74, 6) is -1.22. The molecule has 0 saturated carbocycles. The van der Waals surface area contributed by atoms with E-state index in [4.69, 9.17) is 21.1 Å². The molecule has 0 atom stereocenters. The Morgan fingerprint density at radius 2 is 2.00 bits per heavy atom. The van der Waals surface area contributed by atoms with Crippen molar-refractivity contribution in [3.8, 4) is 0 Å². The number of hydrogen-bond donors (Lipinski definition) is 1. The first-order valence-electron chi connectivity index (χ1n) is 5.86. The molecule has 1 rings (SSSR count). The number of nitrogens with one attached hydrogen (secondary N) is 1. The Kier molecular flexibility index (Phi) is 6.97. The van der Waals surface area contributed by atoms with Crippen LogP contribution < -0.4 is 5.32 Å². The van der Waals surface area contributed by atoms with Crippen molar-refractivity contribution < 1.29 is 22.6 Å². The van der Waals surface area contributed by atoms with Crippen molar-refractivity contribution in [2.75, 3.05) is 38.8 Å². The van der Waals surface area contributed by atoms with Crippen LogP contribution in [0.2, 0.25) is 5.15 Å². The van der Waals surface area contributed by atoms with Crippen LogP contribution in [0.5, 0.6) is 0 Å². The van der Waals surface area contributed by atoms with Crippen LogP contribution >= 0.6 is 11.6 Å². The molecule has 9 heteroatoms. The van der Waals surface area contributed by atoms with Crippen LogP contribution in [-0.4, -0.2) is 43.4 Å². The first-order chi connectivity index (χ1) is 9.43. The lowest BCUT2D eigenvalue weighted by Gasteiger charge is -2.09. The average Bonchev–Trinajstić information content (AvgIpc) is 2.36. The van der Waals surface area contributed by atoms with E-state index in [1.165, 1.54) is 6.07 Å². The summed E-state index contributed by atoms with van der Waals surface area (Å²) in [6.45, 7) is 1.87. The molecule has 20 heavy (non-hydrogen) atoms. The Bertz CT molecular complexity index is 418. The molecule has 0 aromatic carbocycles. The Balaban J connectivity index is 2.39. The van der Waals surface area contributed by atoms with Crippen LogP contribution in [-0.2, 0) is 15.7 Å². The van der Waals surface area contributed by atoms with E-state index >= 15 is 0 Å². The lowest BCUT2D eigenvalue weighted by Crippen LogP contribution is -2.14. The minimum Gasteiger partial charge on any atom is -0.382 e. The van der Waals surface area contributed by atoms with Gasteiger partial charge < -0.3 is 14.8 Å². The van der Waals surface area contributed by atoms with Gasteiger partial charge in [-0.2, -0.15) is 13.2 Å². The lowest BCUT2D eigenvalue weighted by atomic mass is 10.4. The number of halogens is 4. The van der Waals surface area contributed by atoms with Gasteiger partial charge in [-0.1, -0.05) is 11.6 Å². The Morgan fingerprint density at radius 3 is 2.65 bits per heavy atom. The topological polar surface area (TPSA) is 56.3 Å². The molecule has 0 unspecified atom stereocenters. The van der Waals surface area contributed by atoms with Crippen LogP contribution in [0.3, 0.4) is 0 Å². The molecule has 1 N–H and O–H groups in total. The highest BCUT2D eigenvalue weighted by Crippen LogP contribution is 2.28. The second kappa shape index (κ2) is 8.23. The van der Waals surface area contributed by atoms with E-state index in [9.17, 15) is 13.2 Å². The van der Waals surface area contributed by atoms with Crippen molar-refractivity contribution in [2.24, 2.45) is 0 Å². The third kappa shape index (κ3) is 6.36. The fourth-order valence-electron chi connectivity index (χ4n) is 1.27. The summed E-state index contributed by atoms with van der Waals surface area (Å²) in [6, 6.07) is 1.24. The molecular formula is C11H15ClF3N3O2. The fourth-order valence-corrected chi connectivity index (χ4v) is 1.45. The van der Waals surface area contributed by atoms with Crippen molar-refractivity contribution in [3.63, 3.8) is 0 Å². The van der Waals surface area contributed by atoms with Gasteiger partial charge in [-0.05, 0) is 6.42 Å². The summed E-state index contributed by atoms with van der Waals surface area (Å²) in [4.78, 5) is 6.49. The van der Waals surface area contributed by atoms with Crippen LogP contribution in [0.1, 0.15) is 12.2 Å². The van der Waals surface area contributed by atoms with Crippen molar-refractivity contribution in [3.05, 3.63) is 17.0 Å². The van der Waals surface area contributed by atoms with E-state index in [2.05, 4.69) is 15.3 Å². The molecule has 0 amide bonds. The summed E-state index contributed by atoms with van der Waals surface area (Å²) in [5, 5.41) is 2.48. The lowest BCUT2D eigenvalue weighted by molar-refractivity contribution is -0.144. The van der Waals surface area contributed by atoms with Crippen molar-refractivity contribution in [1.29, 1.82) is 0 Å². The Labute approximate surface area is 119 Å². The van der Waals surface area contributed by atoms with Gasteiger partial charge in [0.1, 0.15) is 11.0 Å². The summed E-state index contributed by atoms with van der Waals surface area (Å²) in [6.07, 6.45) is -4.00. The SMILES string of the molecule is COCCOCCCNc1cc(Cl)nc(C(F)(F)F)n1. The first-order valence-corrected chi connectivity index (χ1v) is 6.23. The maximum Gasteiger partial charge on any atom is 0.451 e. The fraction of sp³-hybridized carbons (Fsp3) is 0.636.